The Kier molecular flexibility index (Phi) is 9.12. The molecule has 9 nitrogen and oxygen atoms in total. The lowest BCUT2D eigenvalue weighted by molar-refractivity contribution is 0.102. The molecule has 0 aliphatic carbocycles. The van der Waals surface area contributed by atoms with Crippen LogP contribution >= 0.6 is 0 Å². The zero-order valence-corrected chi connectivity index (χ0v) is 22.0. The minimum Gasteiger partial charge on any atom is -0.493 e. The number of nitrogens with one attached hydrogen (secondary N) is 2. The van der Waals surface area contributed by atoms with Crippen LogP contribution in [0.15, 0.2) is 73.2 Å². The number of aryl methyl sites for hydroxylation is 1. The van der Waals surface area contributed by atoms with Gasteiger partial charge in [0.15, 0.2) is 11.1 Å². The van der Waals surface area contributed by atoms with Crippen molar-refractivity contribution in [3.63, 3.8) is 0 Å². The molecule has 2 aromatic carbocycles. The number of unbranched alkanes of at least 4 members (excludes halogenated alkanes) is 1. The molecule has 0 saturated carbocycles. The van der Waals surface area contributed by atoms with Crippen LogP contribution in [-0.2, 0) is 16.8 Å². The standard InChI is InChI=1S/C28H29N5O4S/c1-3-4-14-37-26-15-20(8-9-22(26)18-38(35)36)27(34)31-23-10-7-19(2)25(16-23)33-28-30-13-11-24(32-28)21-6-5-12-29-17-21/h5-13,15-17H,3-4,14,18H2,1-2H3,(H,31,34)(H,35,36)(H,30,32,33). The Hall–Kier alpha value is -4.15. The second-order valence-electron chi connectivity index (χ2n) is 8.61. The summed E-state index contributed by atoms with van der Waals surface area (Å²) in [6, 6.07) is 16.0. The Bertz CT molecular complexity index is 1430. The minimum atomic E-state index is -2.02. The SMILES string of the molecule is CCCCOc1cc(C(=O)Nc2ccc(C)c(Nc3nccc(-c4cccnc4)n3)c2)ccc1CS(=O)O. The summed E-state index contributed by atoms with van der Waals surface area (Å²) in [5, 5.41) is 6.14. The first-order valence-electron chi connectivity index (χ1n) is 12.2. The summed E-state index contributed by atoms with van der Waals surface area (Å²) in [6.45, 7) is 4.46. The molecule has 4 aromatic rings. The van der Waals surface area contributed by atoms with Gasteiger partial charge in [0.05, 0.1) is 18.1 Å². The number of ether oxygens (including phenoxy) is 1. The average molecular weight is 532 g/mol. The fraction of sp³-hybridized carbons (Fsp3) is 0.214. The molecule has 0 radical (unpaired) electrons. The second-order valence-corrected chi connectivity index (χ2v) is 9.54. The van der Waals surface area contributed by atoms with Crippen LogP contribution in [0.2, 0.25) is 0 Å². The Morgan fingerprint density at radius 1 is 1.11 bits per heavy atom. The molecule has 196 valence electrons. The van der Waals surface area contributed by atoms with Gasteiger partial charge in [0.25, 0.3) is 5.91 Å². The first kappa shape index (κ1) is 26.9. The summed E-state index contributed by atoms with van der Waals surface area (Å²) < 4.78 is 26.5. The molecule has 1 atom stereocenters. The van der Waals surface area contributed by atoms with E-state index in [2.05, 4.69) is 25.6 Å². The van der Waals surface area contributed by atoms with E-state index in [-0.39, 0.29) is 11.7 Å². The fourth-order valence-corrected chi connectivity index (χ4v) is 4.17. The van der Waals surface area contributed by atoms with Gasteiger partial charge in [-0.15, -0.1) is 0 Å². The summed E-state index contributed by atoms with van der Waals surface area (Å²) in [6.07, 6.45) is 6.91. The van der Waals surface area contributed by atoms with Crippen LogP contribution in [0.1, 0.15) is 41.3 Å². The predicted octanol–water partition coefficient (Wildman–Crippen LogP) is 5.74. The maximum atomic E-state index is 13.1. The number of rotatable bonds is 11. The maximum absolute atomic E-state index is 13.1. The molecule has 0 fully saturated rings. The van der Waals surface area contributed by atoms with Crippen molar-refractivity contribution in [1.29, 1.82) is 0 Å². The third kappa shape index (κ3) is 7.21. The smallest absolute Gasteiger partial charge is 0.255 e. The van der Waals surface area contributed by atoms with Gasteiger partial charge in [0.1, 0.15) is 5.75 Å². The number of hydrogen-bond acceptors (Lipinski definition) is 7. The molecular weight excluding hydrogens is 502 g/mol. The molecule has 0 saturated heterocycles. The molecule has 0 spiro atoms. The highest BCUT2D eigenvalue weighted by atomic mass is 32.2. The molecule has 2 heterocycles. The van der Waals surface area contributed by atoms with Crippen molar-refractivity contribution in [3.05, 3.63) is 89.9 Å². The zero-order valence-electron chi connectivity index (χ0n) is 21.2. The number of carbonyl (C=O) groups excluding carboxylic acids is 1. The fourth-order valence-electron chi connectivity index (χ4n) is 3.66. The van der Waals surface area contributed by atoms with Crippen molar-refractivity contribution in [2.45, 2.75) is 32.4 Å². The quantitative estimate of drug-likeness (QED) is 0.165. The molecule has 1 amide bonds. The van der Waals surface area contributed by atoms with Crippen molar-refractivity contribution in [2.75, 3.05) is 17.2 Å². The summed E-state index contributed by atoms with van der Waals surface area (Å²) in [5.74, 6) is 0.459. The molecule has 0 bridgehead atoms. The van der Waals surface area contributed by atoms with Crippen molar-refractivity contribution < 1.29 is 18.3 Å². The normalized spacial score (nSPS) is 11.6. The molecule has 0 aliphatic rings. The third-order valence-electron chi connectivity index (χ3n) is 5.72. The topological polar surface area (TPSA) is 126 Å². The van der Waals surface area contributed by atoms with Gasteiger partial charge in [-0.25, -0.2) is 14.2 Å². The first-order chi connectivity index (χ1) is 18.4. The number of aromatic nitrogens is 3. The molecular formula is C28H29N5O4S. The van der Waals surface area contributed by atoms with Crippen molar-refractivity contribution in [1.82, 2.24) is 15.0 Å². The van der Waals surface area contributed by atoms with Crippen molar-refractivity contribution in [2.24, 2.45) is 0 Å². The Labute approximate surface area is 224 Å². The minimum absolute atomic E-state index is 0.0690. The van der Waals surface area contributed by atoms with E-state index in [4.69, 9.17) is 4.74 Å². The monoisotopic (exact) mass is 531 g/mol. The Balaban J connectivity index is 1.51. The van der Waals surface area contributed by atoms with Crippen LogP contribution in [-0.4, -0.2) is 36.2 Å². The second kappa shape index (κ2) is 12.9. The highest BCUT2D eigenvalue weighted by Crippen LogP contribution is 2.26. The van der Waals surface area contributed by atoms with E-state index in [0.29, 0.717) is 35.1 Å². The van der Waals surface area contributed by atoms with E-state index in [9.17, 15) is 13.6 Å². The summed E-state index contributed by atoms with van der Waals surface area (Å²) in [4.78, 5) is 26.1. The number of hydrogen-bond donors (Lipinski definition) is 3. The summed E-state index contributed by atoms with van der Waals surface area (Å²) in [5.41, 5.74) is 4.86. The lowest BCUT2D eigenvalue weighted by atomic mass is 10.1. The molecule has 38 heavy (non-hydrogen) atoms. The summed E-state index contributed by atoms with van der Waals surface area (Å²) >= 11 is -2.02. The van der Waals surface area contributed by atoms with Gasteiger partial charge in [-0.05, 0) is 61.4 Å². The number of pyridine rings is 1. The van der Waals surface area contributed by atoms with E-state index in [1.54, 1.807) is 36.8 Å². The summed E-state index contributed by atoms with van der Waals surface area (Å²) in [7, 11) is 0. The maximum Gasteiger partial charge on any atom is 0.255 e. The first-order valence-corrected chi connectivity index (χ1v) is 13.5. The molecule has 2 aromatic heterocycles. The number of carbonyl (C=O) groups is 1. The Morgan fingerprint density at radius 3 is 2.74 bits per heavy atom. The highest BCUT2D eigenvalue weighted by Gasteiger charge is 2.14. The molecule has 10 heteroatoms. The van der Waals surface area contributed by atoms with Gasteiger partial charge < -0.3 is 19.9 Å². The van der Waals surface area contributed by atoms with Crippen molar-refractivity contribution in [3.8, 4) is 17.0 Å². The molecule has 0 aliphatic heterocycles. The van der Waals surface area contributed by atoms with E-state index >= 15 is 0 Å². The van der Waals surface area contributed by atoms with Crippen LogP contribution in [0.25, 0.3) is 11.3 Å². The third-order valence-corrected chi connectivity index (χ3v) is 6.28. The molecule has 1 unspecified atom stereocenters. The predicted molar refractivity (Wildman–Crippen MR) is 149 cm³/mol. The molecule has 4 rings (SSSR count). The highest BCUT2D eigenvalue weighted by molar-refractivity contribution is 7.78. The van der Waals surface area contributed by atoms with E-state index in [0.717, 1.165) is 35.3 Å². The largest absolute Gasteiger partial charge is 0.493 e. The molecule has 3 N–H and O–H groups in total. The van der Waals surface area contributed by atoms with Gasteiger partial charge >= 0.3 is 0 Å². The van der Waals surface area contributed by atoms with Gasteiger partial charge in [-0.1, -0.05) is 25.5 Å². The lowest BCUT2D eigenvalue weighted by Gasteiger charge is -2.14. The van der Waals surface area contributed by atoms with Crippen LogP contribution in [0.5, 0.6) is 5.75 Å². The lowest BCUT2D eigenvalue weighted by Crippen LogP contribution is -2.13. The number of nitrogens with zero attached hydrogens (tertiary/aromatic N) is 3. The van der Waals surface area contributed by atoms with E-state index in [1.807, 2.05) is 50.2 Å². The average Bonchev–Trinajstić information content (AvgIpc) is 2.92. The van der Waals surface area contributed by atoms with E-state index < -0.39 is 11.1 Å². The number of amides is 1. The zero-order chi connectivity index (χ0) is 26.9. The van der Waals surface area contributed by atoms with Crippen molar-refractivity contribution >= 4 is 34.3 Å². The van der Waals surface area contributed by atoms with Crippen LogP contribution in [0.4, 0.5) is 17.3 Å². The Morgan fingerprint density at radius 2 is 1.97 bits per heavy atom. The van der Waals surface area contributed by atoms with Gasteiger partial charge in [-0.2, -0.15) is 0 Å². The van der Waals surface area contributed by atoms with Gasteiger partial charge in [0, 0.05) is 46.7 Å². The van der Waals surface area contributed by atoms with Crippen LogP contribution in [0, 0.1) is 6.92 Å². The number of anilines is 3. The van der Waals surface area contributed by atoms with Gasteiger partial charge in [0.2, 0.25) is 5.95 Å². The van der Waals surface area contributed by atoms with E-state index in [1.165, 1.54) is 0 Å². The van der Waals surface area contributed by atoms with Crippen LogP contribution in [0.3, 0.4) is 0 Å². The van der Waals surface area contributed by atoms with Gasteiger partial charge in [-0.3, -0.25) is 9.78 Å². The number of benzene rings is 2. The van der Waals surface area contributed by atoms with Crippen LogP contribution < -0.4 is 15.4 Å².